The van der Waals surface area contributed by atoms with E-state index >= 15 is 0 Å². The summed E-state index contributed by atoms with van der Waals surface area (Å²) in [4.78, 5) is 8.98. The van der Waals surface area contributed by atoms with Crippen molar-refractivity contribution in [2.45, 2.75) is 52.4 Å². The number of nitrogens with zero attached hydrogens (tertiary/aromatic N) is 2. The molecule has 0 aliphatic carbocycles. The first-order chi connectivity index (χ1) is 18.1. The summed E-state index contributed by atoms with van der Waals surface area (Å²) in [6.07, 6.45) is 3.82. The van der Waals surface area contributed by atoms with Crippen LogP contribution in [0.25, 0.3) is 33.6 Å². The molecule has 2 nitrogen and oxygen atoms in total. The summed E-state index contributed by atoms with van der Waals surface area (Å²) in [7, 11) is 0. The molecule has 0 unspecified atom stereocenters. The second-order valence-electron chi connectivity index (χ2n) is 11.5. The summed E-state index contributed by atoms with van der Waals surface area (Å²) in [5.41, 5.74) is 9.27. The van der Waals surface area contributed by atoms with Crippen LogP contribution < -0.4 is 0 Å². The van der Waals surface area contributed by atoms with Crippen LogP contribution in [0.1, 0.15) is 52.7 Å². The summed E-state index contributed by atoms with van der Waals surface area (Å²) in [6.45, 7) is 13.3. The number of hydrogen-bond acceptors (Lipinski definition) is 2. The van der Waals surface area contributed by atoms with Gasteiger partial charge >= 0.3 is 0 Å². The third-order valence-corrected chi connectivity index (χ3v) is 6.44. The molecule has 1 radical (unpaired) electrons. The Balaban J connectivity index is 0.000000211. The van der Waals surface area contributed by atoms with Gasteiger partial charge in [-0.1, -0.05) is 90.1 Å². The Morgan fingerprint density at radius 1 is 0.564 bits per heavy atom. The number of rotatable bonds is 3. The number of hydrogen-bond donors (Lipinski definition) is 0. The molecule has 0 amide bonds. The van der Waals surface area contributed by atoms with Crippen LogP contribution in [-0.4, -0.2) is 9.97 Å². The summed E-state index contributed by atoms with van der Waals surface area (Å²) in [6, 6.07) is 39.5. The van der Waals surface area contributed by atoms with Crippen molar-refractivity contribution in [2.75, 3.05) is 0 Å². The second-order valence-corrected chi connectivity index (χ2v) is 11.5. The van der Waals surface area contributed by atoms with Crippen molar-refractivity contribution in [2.24, 2.45) is 0 Å². The fourth-order valence-electron chi connectivity index (χ4n) is 3.99. The maximum Gasteiger partial charge on any atom is 0.0198 e. The molecule has 0 aliphatic heterocycles. The summed E-state index contributed by atoms with van der Waals surface area (Å²) < 4.78 is 0. The van der Waals surface area contributed by atoms with Gasteiger partial charge in [0.25, 0.3) is 0 Å². The molecule has 39 heavy (non-hydrogen) atoms. The maximum atomic E-state index is 4.58. The van der Waals surface area contributed by atoms with Gasteiger partial charge in [-0.3, -0.25) is 0 Å². The first-order valence-corrected chi connectivity index (χ1v) is 13.1. The molecule has 0 saturated carbocycles. The smallest absolute Gasteiger partial charge is 0.0198 e. The summed E-state index contributed by atoms with van der Waals surface area (Å²) in [5, 5.41) is 0. The molecular weight excluding hydrogens is 653 g/mol. The zero-order valence-electron chi connectivity index (χ0n) is 23.6. The van der Waals surface area contributed by atoms with Crippen molar-refractivity contribution in [3.63, 3.8) is 0 Å². The van der Waals surface area contributed by atoms with Crippen molar-refractivity contribution < 1.29 is 20.1 Å². The van der Waals surface area contributed by atoms with Gasteiger partial charge in [0.15, 0.2) is 0 Å². The van der Waals surface area contributed by atoms with Crippen LogP contribution in [0.15, 0.2) is 109 Å². The van der Waals surface area contributed by atoms with Crippen molar-refractivity contribution in [3.8, 4) is 33.6 Å². The van der Waals surface area contributed by atoms with E-state index in [1.165, 1.54) is 22.3 Å². The van der Waals surface area contributed by atoms with E-state index in [2.05, 4.69) is 112 Å². The number of pyridine rings is 2. The van der Waals surface area contributed by atoms with Crippen molar-refractivity contribution >= 4 is 0 Å². The molecule has 3 aromatic carbocycles. The third-order valence-electron chi connectivity index (χ3n) is 6.44. The molecule has 3 heteroatoms. The Kier molecular flexibility index (Phi) is 10.1. The van der Waals surface area contributed by atoms with Crippen molar-refractivity contribution in [1.82, 2.24) is 9.97 Å². The molecule has 0 spiro atoms. The van der Waals surface area contributed by atoms with E-state index in [0.717, 1.165) is 22.5 Å². The summed E-state index contributed by atoms with van der Waals surface area (Å²) >= 11 is 0. The molecule has 0 aliphatic rings. The molecule has 5 aromatic rings. The van der Waals surface area contributed by atoms with Crippen LogP contribution in [0.5, 0.6) is 0 Å². The van der Waals surface area contributed by atoms with Gasteiger partial charge in [-0.15, -0.1) is 71.3 Å². The zero-order valence-corrected chi connectivity index (χ0v) is 26.0. The molecule has 0 fully saturated rings. The quantitative estimate of drug-likeness (QED) is 0.177. The van der Waals surface area contributed by atoms with E-state index in [9.17, 15) is 0 Å². The Bertz CT molecular complexity index is 1320. The number of benzene rings is 3. The van der Waals surface area contributed by atoms with Gasteiger partial charge in [-0.05, 0) is 45.0 Å². The predicted octanol–water partition coefficient (Wildman–Crippen LogP) is 9.36. The van der Waals surface area contributed by atoms with E-state index < -0.39 is 0 Å². The maximum absolute atomic E-state index is 4.58. The summed E-state index contributed by atoms with van der Waals surface area (Å²) in [5.74, 6) is 0. The monoisotopic (exact) mass is 689 g/mol. The molecule has 2 heterocycles. The van der Waals surface area contributed by atoms with E-state index in [4.69, 9.17) is 0 Å². The third kappa shape index (κ3) is 8.29. The van der Waals surface area contributed by atoms with Crippen molar-refractivity contribution in [1.29, 1.82) is 0 Å². The molecule has 2 aromatic heterocycles. The standard InChI is InChI=1S/C19H24N.C17H12N.Ir/c1-18(2,3)15-9-7-14(8-10-15)17-12-11-16(13-20-17)19(4,5)6;1-3-7-14(8-4-1)16-11-12-18-17(13-16)15-9-5-2-6-10-15;/h7,9-13H,1-6H3;1-9,11-13H;/q2*-1;. The van der Waals surface area contributed by atoms with Crippen LogP contribution in [-0.2, 0) is 30.9 Å². The molecular formula is C36H36IrN2-2. The largest absolute Gasteiger partial charge is 0.305 e. The minimum absolute atomic E-state index is 0. The van der Waals surface area contributed by atoms with E-state index in [1.54, 1.807) is 0 Å². The van der Waals surface area contributed by atoms with Gasteiger partial charge in [-0.2, -0.15) is 0 Å². The minimum Gasteiger partial charge on any atom is -0.305 e. The molecule has 5 rings (SSSR count). The normalized spacial score (nSPS) is 11.1. The first kappa shape index (κ1) is 30.2. The topological polar surface area (TPSA) is 25.8 Å². The SMILES string of the molecule is CC(C)(C)c1c[c-]c(-c2ccc(C(C)(C)C)cn2)cc1.[Ir].[c-]1ccccc1-c1cc(-c2ccccc2)ccn1. The van der Waals surface area contributed by atoms with Crippen LogP contribution in [0, 0.1) is 12.1 Å². The van der Waals surface area contributed by atoms with Crippen LogP contribution in [0.3, 0.4) is 0 Å². The molecule has 0 atom stereocenters. The average Bonchev–Trinajstić information content (AvgIpc) is 2.94. The predicted molar refractivity (Wildman–Crippen MR) is 160 cm³/mol. The average molecular weight is 689 g/mol. The zero-order chi connectivity index (χ0) is 27.2. The van der Waals surface area contributed by atoms with Crippen LogP contribution in [0.4, 0.5) is 0 Å². The Morgan fingerprint density at radius 3 is 1.79 bits per heavy atom. The van der Waals surface area contributed by atoms with Crippen LogP contribution in [0.2, 0.25) is 0 Å². The Labute approximate surface area is 248 Å². The van der Waals surface area contributed by atoms with E-state index in [0.29, 0.717) is 0 Å². The van der Waals surface area contributed by atoms with E-state index in [1.807, 2.05) is 60.9 Å². The van der Waals surface area contributed by atoms with Gasteiger partial charge in [0, 0.05) is 32.5 Å². The molecule has 0 bridgehead atoms. The molecule has 0 N–H and O–H groups in total. The minimum atomic E-state index is 0. The molecule has 201 valence electrons. The van der Waals surface area contributed by atoms with Gasteiger partial charge in [-0.25, -0.2) is 0 Å². The van der Waals surface area contributed by atoms with Gasteiger partial charge in [0.2, 0.25) is 0 Å². The fourth-order valence-corrected chi connectivity index (χ4v) is 3.99. The van der Waals surface area contributed by atoms with Crippen molar-refractivity contribution in [3.05, 3.63) is 133 Å². The van der Waals surface area contributed by atoms with Gasteiger partial charge < -0.3 is 9.97 Å². The fraction of sp³-hybridized carbons (Fsp3) is 0.222. The molecule has 0 saturated heterocycles. The van der Waals surface area contributed by atoms with E-state index in [-0.39, 0.29) is 30.9 Å². The second kappa shape index (κ2) is 13.1. The van der Waals surface area contributed by atoms with Gasteiger partial charge in [0.1, 0.15) is 0 Å². The van der Waals surface area contributed by atoms with Crippen LogP contribution >= 0.6 is 0 Å². The number of aromatic nitrogens is 2. The Hall–Kier alpha value is -3.39. The van der Waals surface area contributed by atoms with Gasteiger partial charge in [0.05, 0.1) is 0 Å². The first-order valence-electron chi connectivity index (χ1n) is 13.1. The Morgan fingerprint density at radius 2 is 1.23 bits per heavy atom.